The van der Waals surface area contributed by atoms with E-state index >= 15 is 0 Å². The van der Waals surface area contributed by atoms with Crippen molar-refractivity contribution in [2.45, 2.75) is 4.90 Å². The van der Waals surface area contributed by atoms with E-state index in [9.17, 15) is 9.18 Å². The van der Waals surface area contributed by atoms with Crippen LogP contribution in [0.4, 0.5) is 15.8 Å². The number of carbonyl (C=O) groups excluding carboxylic acids is 1. The van der Waals surface area contributed by atoms with Gasteiger partial charge >= 0.3 is 0 Å². The number of benzene rings is 2. The van der Waals surface area contributed by atoms with Crippen LogP contribution in [0.25, 0.3) is 0 Å². The van der Waals surface area contributed by atoms with Gasteiger partial charge in [0.05, 0.1) is 22.2 Å². The van der Waals surface area contributed by atoms with E-state index in [1.165, 1.54) is 23.9 Å². The maximum Gasteiger partial charge on any atom is 0.234 e. The first-order valence-corrected chi connectivity index (χ1v) is 7.15. The Hall–Kier alpha value is -1.72. The van der Waals surface area contributed by atoms with Crippen LogP contribution in [0.15, 0.2) is 47.4 Å². The van der Waals surface area contributed by atoms with E-state index in [4.69, 9.17) is 17.3 Å². The standard InChI is InChI=1S/C14H12ClFN2OS/c15-10-3-1-2-4-13(10)18-14(19)8-20-9-5-6-12(17)11(16)7-9/h1-7H,8,17H2,(H,18,19). The molecule has 0 fully saturated rings. The molecular weight excluding hydrogens is 299 g/mol. The minimum atomic E-state index is -0.485. The summed E-state index contributed by atoms with van der Waals surface area (Å²) in [4.78, 5) is 12.4. The van der Waals surface area contributed by atoms with Gasteiger partial charge in [-0.3, -0.25) is 4.79 Å². The number of nitrogen functional groups attached to an aromatic ring is 1. The van der Waals surface area contributed by atoms with Crippen molar-refractivity contribution in [2.75, 3.05) is 16.8 Å². The molecule has 0 saturated heterocycles. The number of halogens is 2. The van der Waals surface area contributed by atoms with Crippen LogP contribution in [0.2, 0.25) is 5.02 Å². The number of hydrogen-bond donors (Lipinski definition) is 2. The molecule has 20 heavy (non-hydrogen) atoms. The second-order valence-electron chi connectivity index (χ2n) is 4.00. The van der Waals surface area contributed by atoms with Crippen molar-refractivity contribution >= 4 is 40.6 Å². The predicted octanol–water partition coefficient (Wildman–Crippen LogP) is 3.79. The highest BCUT2D eigenvalue weighted by atomic mass is 35.5. The van der Waals surface area contributed by atoms with Crippen LogP contribution in [-0.4, -0.2) is 11.7 Å². The zero-order chi connectivity index (χ0) is 14.5. The SMILES string of the molecule is Nc1ccc(SCC(=O)Nc2ccccc2Cl)cc1F. The van der Waals surface area contributed by atoms with Gasteiger partial charge in [-0.2, -0.15) is 0 Å². The van der Waals surface area contributed by atoms with Crippen LogP contribution in [0.5, 0.6) is 0 Å². The Morgan fingerprint density at radius 3 is 2.75 bits per heavy atom. The van der Waals surface area contributed by atoms with E-state index in [1.54, 1.807) is 30.3 Å². The summed E-state index contributed by atoms with van der Waals surface area (Å²) in [6, 6.07) is 11.4. The molecule has 0 aliphatic rings. The number of anilines is 2. The Morgan fingerprint density at radius 1 is 1.30 bits per heavy atom. The molecule has 0 bridgehead atoms. The van der Waals surface area contributed by atoms with E-state index in [-0.39, 0.29) is 17.3 Å². The largest absolute Gasteiger partial charge is 0.396 e. The summed E-state index contributed by atoms with van der Waals surface area (Å²) in [5.41, 5.74) is 6.04. The van der Waals surface area contributed by atoms with Gasteiger partial charge in [0.2, 0.25) is 5.91 Å². The molecular formula is C14H12ClFN2OS. The highest BCUT2D eigenvalue weighted by molar-refractivity contribution is 8.00. The zero-order valence-corrected chi connectivity index (χ0v) is 12.0. The van der Waals surface area contributed by atoms with Gasteiger partial charge in [-0.15, -0.1) is 11.8 Å². The van der Waals surface area contributed by atoms with Crippen molar-refractivity contribution in [1.29, 1.82) is 0 Å². The van der Waals surface area contributed by atoms with Crippen molar-refractivity contribution < 1.29 is 9.18 Å². The molecule has 2 aromatic carbocycles. The Labute approximate surface area is 125 Å². The molecule has 6 heteroatoms. The molecule has 0 unspecified atom stereocenters. The Bertz CT molecular complexity index is 636. The lowest BCUT2D eigenvalue weighted by Crippen LogP contribution is -2.14. The Balaban J connectivity index is 1.92. The highest BCUT2D eigenvalue weighted by Crippen LogP contribution is 2.23. The van der Waals surface area contributed by atoms with Gasteiger partial charge in [0.25, 0.3) is 0 Å². The Morgan fingerprint density at radius 2 is 2.05 bits per heavy atom. The number of para-hydroxylation sites is 1. The van der Waals surface area contributed by atoms with Crippen molar-refractivity contribution in [2.24, 2.45) is 0 Å². The third kappa shape index (κ3) is 3.88. The predicted molar refractivity (Wildman–Crippen MR) is 81.6 cm³/mol. The summed E-state index contributed by atoms with van der Waals surface area (Å²) in [5.74, 6) is -0.531. The summed E-state index contributed by atoms with van der Waals surface area (Å²) in [6.07, 6.45) is 0. The second kappa shape index (κ2) is 6.63. The van der Waals surface area contributed by atoms with E-state index in [0.717, 1.165) is 0 Å². The summed E-state index contributed by atoms with van der Waals surface area (Å²) in [7, 11) is 0. The molecule has 1 amide bonds. The molecule has 0 saturated carbocycles. The zero-order valence-electron chi connectivity index (χ0n) is 10.4. The molecule has 0 radical (unpaired) electrons. The maximum atomic E-state index is 13.2. The summed E-state index contributed by atoms with van der Waals surface area (Å²) in [5, 5.41) is 3.17. The maximum absolute atomic E-state index is 13.2. The van der Waals surface area contributed by atoms with Crippen LogP contribution in [0.3, 0.4) is 0 Å². The molecule has 0 spiro atoms. The summed E-state index contributed by atoms with van der Waals surface area (Å²) >= 11 is 7.16. The lowest BCUT2D eigenvalue weighted by molar-refractivity contribution is -0.113. The number of nitrogens with one attached hydrogen (secondary N) is 1. The van der Waals surface area contributed by atoms with Crippen molar-refractivity contribution in [3.05, 3.63) is 53.3 Å². The summed E-state index contributed by atoms with van der Waals surface area (Å²) in [6.45, 7) is 0. The van der Waals surface area contributed by atoms with Gasteiger partial charge in [0.1, 0.15) is 5.82 Å². The minimum absolute atomic E-state index is 0.0925. The molecule has 0 atom stereocenters. The van der Waals surface area contributed by atoms with Gasteiger partial charge < -0.3 is 11.1 Å². The quantitative estimate of drug-likeness (QED) is 0.667. The van der Waals surface area contributed by atoms with E-state index in [1.807, 2.05) is 0 Å². The molecule has 0 aromatic heterocycles. The number of hydrogen-bond acceptors (Lipinski definition) is 3. The van der Waals surface area contributed by atoms with E-state index in [0.29, 0.717) is 15.6 Å². The minimum Gasteiger partial charge on any atom is -0.396 e. The fourth-order valence-electron chi connectivity index (χ4n) is 1.50. The fraction of sp³-hybridized carbons (Fsp3) is 0.0714. The fourth-order valence-corrected chi connectivity index (χ4v) is 2.40. The lowest BCUT2D eigenvalue weighted by atomic mass is 10.3. The third-order valence-electron chi connectivity index (χ3n) is 2.49. The van der Waals surface area contributed by atoms with Gasteiger partial charge in [0.15, 0.2) is 0 Å². The van der Waals surface area contributed by atoms with Gasteiger partial charge in [0, 0.05) is 4.90 Å². The monoisotopic (exact) mass is 310 g/mol. The van der Waals surface area contributed by atoms with Gasteiger partial charge in [-0.05, 0) is 30.3 Å². The lowest BCUT2D eigenvalue weighted by Gasteiger charge is -2.07. The first-order valence-electron chi connectivity index (χ1n) is 5.78. The van der Waals surface area contributed by atoms with Crippen molar-refractivity contribution in [3.63, 3.8) is 0 Å². The van der Waals surface area contributed by atoms with Crippen molar-refractivity contribution in [1.82, 2.24) is 0 Å². The average molecular weight is 311 g/mol. The van der Waals surface area contributed by atoms with Crippen molar-refractivity contribution in [3.8, 4) is 0 Å². The van der Waals surface area contributed by atoms with Gasteiger partial charge in [-0.25, -0.2) is 4.39 Å². The number of carbonyl (C=O) groups is 1. The molecule has 104 valence electrons. The third-order valence-corrected chi connectivity index (χ3v) is 3.81. The smallest absolute Gasteiger partial charge is 0.234 e. The number of rotatable bonds is 4. The van der Waals surface area contributed by atoms with E-state index in [2.05, 4.69) is 5.32 Å². The number of amides is 1. The number of nitrogens with two attached hydrogens (primary N) is 1. The first kappa shape index (κ1) is 14.7. The number of thioether (sulfide) groups is 1. The first-order chi connectivity index (χ1) is 9.56. The second-order valence-corrected chi connectivity index (χ2v) is 5.46. The topological polar surface area (TPSA) is 55.1 Å². The summed E-state index contributed by atoms with van der Waals surface area (Å²) < 4.78 is 13.2. The van der Waals surface area contributed by atoms with Crippen LogP contribution >= 0.6 is 23.4 Å². The molecule has 0 aliphatic heterocycles. The van der Waals surface area contributed by atoms with Crippen LogP contribution in [0.1, 0.15) is 0 Å². The van der Waals surface area contributed by atoms with E-state index < -0.39 is 5.82 Å². The molecule has 0 aliphatic carbocycles. The molecule has 3 N–H and O–H groups in total. The highest BCUT2D eigenvalue weighted by Gasteiger charge is 2.07. The van der Waals surface area contributed by atoms with Crippen LogP contribution < -0.4 is 11.1 Å². The molecule has 0 heterocycles. The normalized spacial score (nSPS) is 10.3. The molecule has 3 nitrogen and oxygen atoms in total. The van der Waals surface area contributed by atoms with Gasteiger partial charge in [-0.1, -0.05) is 23.7 Å². The van der Waals surface area contributed by atoms with Crippen LogP contribution in [-0.2, 0) is 4.79 Å². The molecule has 2 rings (SSSR count). The average Bonchev–Trinajstić information content (AvgIpc) is 2.43. The van der Waals surface area contributed by atoms with Crippen LogP contribution in [0, 0.1) is 5.82 Å². The molecule has 2 aromatic rings. The Kier molecular flexibility index (Phi) is 4.87.